The molecule has 2 unspecified atom stereocenters. The number of ether oxygens (including phenoxy) is 1. The number of amides is 1. The molecule has 0 fully saturated rings. The van der Waals surface area contributed by atoms with Crippen LogP contribution in [0.15, 0.2) is 48.6 Å². The molecule has 0 saturated heterocycles. The van der Waals surface area contributed by atoms with Gasteiger partial charge in [-0.05, 0) is 89.9 Å². The molecule has 0 rings (SSSR count). The Labute approximate surface area is 423 Å². The van der Waals surface area contributed by atoms with E-state index in [0.29, 0.717) is 19.4 Å². The van der Waals surface area contributed by atoms with Crippen molar-refractivity contribution >= 4 is 11.9 Å². The Morgan fingerprint density at radius 2 is 0.735 bits per heavy atom. The Morgan fingerprint density at radius 3 is 1.15 bits per heavy atom. The number of hydrogen-bond donors (Lipinski definition) is 3. The summed E-state index contributed by atoms with van der Waals surface area (Å²) in [5.41, 5.74) is 0. The van der Waals surface area contributed by atoms with Crippen LogP contribution in [0, 0.1) is 0 Å². The lowest BCUT2D eigenvalue weighted by Gasteiger charge is -2.20. The van der Waals surface area contributed by atoms with Crippen LogP contribution in [0.3, 0.4) is 0 Å². The van der Waals surface area contributed by atoms with E-state index < -0.39 is 12.1 Å². The van der Waals surface area contributed by atoms with E-state index in [-0.39, 0.29) is 18.5 Å². The maximum atomic E-state index is 12.4. The van der Waals surface area contributed by atoms with Crippen LogP contribution in [0.25, 0.3) is 0 Å². The number of allylic oxidation sites excluding steroid dienone is 7. The van der Waals surface area contributed by atoms with Crippen molar-refractivity contribution in [2.24, 2.45) is 0 Å². The lowest BCUT2D eigenvalue weighted by Crippen LogP contribution is -2.45. The largest absolute Gasteiger partial charge is 0.466 e. The van der Waals surface area contributed by atoms with E-state index in [2.05, 4.69) is 55.6 Å². The summed E-state index contributed by atoms with van der Waals surface area (Å²) in [6, 6.07) is -0.629. The molecular formula is C62H115NO5. The van der Waals surface area contributed by atoms with Crippen molar-refractivity contribution in [3.63, 3.8) is 0 Å². The Bertz CT molecular complexity index is 1150. The Hall–Kier alpha value is -2.18. The quantitative estimate of drug-likeness (QED) is 0.0321. The molecule has 2 atom stereocenters. The van der Waals surface area contributed by atoms with Crippen LogP contribution in [0.4, 0.5) is 0 Å². The SMILES string of the molecule is CCCCCC/C=C\C/C=C\CCCCCCCC(=O)OCCCCCCCCCCCCCC/C=C\CCCCCCCCCCCC(=O)NC(CO)C(O)/C=C/CCCCCCCCCC. The van der Waals surface area contributed by atoms with Gasteiger partial charge < -0.3 is 20.3 Å². The standard InChI is InChI=1S/C62H115NO5/c1-3-5-7-9-11-13-15-16-17-30-33-36-40-44-48-52-56-62(67)68-57-53-49-45-41-37-34-31-28-26-24-22-20-18-19-21-23-25-27-29-32-35-39-43-47-51-55-61(66)63-59(58-64)60(65)54-50-46-42-38-14-12-10-8-6-4-2/h13,15,17,19,21,30,50,54,59-60,64-65H,3-12,14,16,18,20,22-29,31-49,51-53,55-58H2,1-2H3,(H,63,66)/b15-13-,21-19-,30-17-,54-50+. The van der Waals surface area contributed by atoms with Gasteiger partial charge in [0.1, 0.15) is 0 Å². The van der Waals surface area contributed by atoms with E-state index in [1.807, 2.05) is 6.08 Å². The van der Waals surface area contributed by atoms with Gasteiger partial charge in [0.15, 0.2) is 0 Å². The number of carbonyl (C=O) groups is 2. The number of aliphatic hydroxyl groups excluding tert-OH is 2. The third-order valence-corrected chi connectivity index (χ3v) is 13.6. The number of esters is 1. The average Bonchev–Trinajstić information content (AvgIpc) is 3.34. The first-order valence-corrected chi connectivity index (χ1v) is 29.9. The molecule has 0 saturated carbocycles. The number of unbranched alkanes of at least 4 members (excludes halogenated alkanes) is 38. The predicted octanol–water partition coefficient (Wildman–Crippen LogP) is 18.6. The predicted molar refractivity (Wildman–Crippen MR) is 296 cm³/mol. The molecule has 398 valence electrons. The minimum absolute atomic E-state index is 0.00105. The van der Waals surface area contributed by atoms with Crippen LogP contribution < -0.4 is 5.32 Å². The van der Waals surface area contributed by atoms with Crippen molar-refractivity contribution in [3.05, 3.63) is 48.6 Å². The summed E-state index contributed by atoms with van der Waals surface area (Å²) >= 11 is 0. The number of hydrogen-bond acceptors (Lipinski definition) is 5. The van der Waals surface area contributed by atoms with Crippen molar-refractivity contribution in [2.45, 2.75) is 321 Å². The van der Waals surface area contributed by atoms with Gasteiger partial charge in [0.25, 0.3) is 0 Å². The maximum Gasteiger partial charge on any atom is 0.305 e. The molecule has 6 nitrogen and oxygen atoms in total. The Kier molecular flexibility index (Phi) is 55.6. The van der Waals surface area contributed by atoms with Crippen molar-refractivity contribution in [1.82, 2.24) is 5.32 Å². The third-order valence-electron chi connectivity index (χ3n) is 13.6. The van der Waals surface area contributed by atoms with Gasteiger partial charge in [-0.15, -0.1) is 0 Å². The van der Waals surface area contributed by atoms with E-state index in [1.54, 1.807) is 6.08 Å². The third kappa shape index (κ3) is 53.2. The molecule has 0 aromatic rings. The maximum absolute atomic E-state index is 12.4. The van der Waals surface area contributed by atoms with Gasteiger partial charge in [-0.25, -0.2) is 0 Å². The molecule has 0 aromatic heterocycles. The van der Waals surface area contributed by atoms with E-state index in [4.69, 9.17) is 4.74 Å². The number of nitrogens with one attached hydrogen (secondary N) is 1. The second kappa shape index (κ2) is 57.4. The highest BCUT2D eigenvalue weighted by Gasteiger charge is 2.18. The zero-order valence-corrected chi connectivity index (χ0v) is 45.3. The highest BCUT2D eigenvalue weighted by molar-refractivity contribution is 5.76. The van der Waals surface area contributed by atoms with Gasteiger partial charge in [-0.2, -0.15) is 0 Å². The van der Waals surface area contributed by atoms with Crippen LogP contribution in [-0.2, 0) is 14.3 Å². The smallest absolute Gasteiger partial charge is 0.305 e. The van der Waals surface area contributed by atoms with E-state index >= 15 is 0 Å². The van der Waals surface area contributed by atoms with Gasteiger partial charge in [-0.1, -0.05) is 255 Å². The molecule has 0 aromatic carbocycles. The second-order valence-electron chi connectivity index (χ2n) is 20.3. The zero-order valence-electron chi connectivity index (χ0n) is 45.3. The van der Waals surface area contributed by atoms with Crippen LogP contribution in [0.1, 0.15) is 309 Å². The molecule has 0 bridgehead atoms. The molecule has 1 amide bonds. The lowest BCUT2D eigenvalue weighted by molar-refractivity contribution is -0.143. The van der Waals surface area contributed by atoms with Gasteiger partial charge in [-0.3, -0.25) is 9.59 Å². The monoisotopic (exact) mass is 954 g/mol. The number of rotatable bonds is 55. The molecule has 0 radical (unpaired) electrons. The van der Waals surface area contributed by atoms with Crippen LogP contribution in [-0.4, -0.2) is 47.4 Å². The topological polar surface area (TPSA) is 95.9 Å². The molecule has 6 heteroatoms. The van der Waals surface area contributed by atoms with Gasteiger partial charge in [0.2, 0.25) is 5.91 Å². The summed E-state index contributed by atoms with van der Waals surface area (Å²) in [7, 11) is 0. The summed E-state index contributed by atoms with van der Waals surface area (Å²) in [6.07, 6.45) is 72.9. The summed E-state index contributed by atoms with van der Waals surface area (Å²) in [6.45, 7) is 4.86. The van der Waals surface area contributed by atoms with Crippen LogP contribution in [0.5, 0.6) is 0 Å². The van der Waals surface area contributed by atoms with Gasteiger partial charge in [0.05, 0.1) is 25.4 Å². The minimum atomic E-state index is -0.845. The molecule has 0 spiro atoms. The Morgan fingerprint density at radius 1 is 0.412 bits per heavy atom. The fraction of sp³-hybridized carbons (Fsp3) is 0.839. The Balaban J connectivity index is 3.40. The van der Waals surface area contributed by atoms with Gasteiger partial charge in [0, 0.05) is 12.8 Å². The van der Waals surface area contributed by atoms with Crippen molar-refractivity contribution in [2.75, 3.05) is 13.2 Å². The summed E-state index contributed by atoms with van der Waals surface area (Å²) in [4.78, 5) is 24.5. The van der Waals surface area contributed by atoms with Crippen molar-refractivity contribution in [3.8, 4) is 0 Å². The first-order chi connectivity index (χ1) is 33.5. The summed E-state index contributed by atoms with van der Waals surface area (Å²) in [5, 5.41) is 23.0. The van der Waals surface area contributed by atoms with Crippen molar-refractivity contribution < 1.29 is 24.5 Å². The molecule has 0 heterocycles. The average molecular weight is 955 g/mol. The van der Waals surface area contributed by atoms with Crippen LogP contribution in [0.2, 0.25) is 0 Å². The molecule has 0 aliphatic carbocycles. The minimum Gasteiger partial charge on any atom is -0.466 e. The highest BCUT2D eigenvalue weighted by atomic mass is 16.5. The van der Waals surface area contributed by atoms with Gasteiger partial charge >= 0.3 is 5.97 Å². The van der Waals surface area contributed by atoms with E-state index in [0.717, 1.165) is 51.4 Å². The fourth-order valence-electron chi connectivity index (χ4n) is 8.95. The lowest BCUT2D eigenvalue weighted by atomic mass is 10.0. The molecule has 3 N–H and O–H groups in total. The van der Waals surface area contributed by atoms with Crippen molar-refractivity contribution in [1.29, 1.82) is 0 Å². The first-order valence-electron chi connectivity index (χ1n) is 29.9. The fourth-order valence-corrected chi connectivity index (χ4v) is 8.95. The normalized spacial score (nSPS) is 12.9. The second-order valence-corrected chi connectivity index (χ2v) is 20.3. The number of aliphatic hydroxyl groups is 2. The highest BCUT2D eigenvalue weighted by Crippen LogP contribution is 2.16. The van der Waals surface area contributed by atoms with Crippen LogP contribution >= 0.6 is 0 Å². The summed E-state index contributed by atoms with van der Waals surface area (Å²) < 4.78 is 5.48. The molecule has 0 aliphatic rings. The van der Waals surface area contributed by atoms with E-state index in [9.17, 15) is 19.8 Å². The van der Waals surface area contributed by atoms with E-state index in [1.165, 1.54) is 231 Å². The first kappa shape index (κ1) is 65.8. The molecule has 0 aliphatic heterocycles. The molecular weight excluding hydrogens is 839 g/mol. The zero-order chi connectivity index (χ0) is 49.3. The number of carbonyl (C=O) groups excluding carboxylic acids is 2. The molecule has 68 heavy (non-hydrogen) atoms. The summed E-state index contributed by atoms with van der Waals surface area (Å²) in [5.74, 6) is -0.0745.